The second-order valence-corrected chi connectivity index (χ2v) is 6.61. The van der Waals surface area contributed by atoms with Gasteiger partial charge in [0.25, 0.3) is 0 Å². The Morgan fingerprint density at radius 3 is 3.21 bits per heavy atom. The van der Waals surface area contributed by atoms with Crippen LogP contribution in [0.4, 0.5) is 0 Å². The molecule has 24 heavy (non-hydrogen) atoms. The maximum Gasteiger partial charge on any atom is 0.138 e. The molecule has 0 unspecified atom stereocenters. The smallest absolute Gasteiger partial charge is 0.138 e. The molecule has 2 aromatic rings. The highest BCUT2D eigenvalue weighted by molar-refractivity contribution is 5.48. The van der Waals surface area contributed by atoms with Crippen LogP contribution in [0, 0.1) is 0 Å². The van der Waals surface area contributed by atoms with Crippen molar-refractivity contribution in [2.45, 2.75) is 58.3 Å². The maximum absolute atomic E-state index is 5.90. The van der Waals surface area contributed by atoms with Gasteiger partial charge in [-0.05, 0) is 32.4 Å². The largest absolute Gasteiger partial charge is 0.494 e. The number of fused-ring (bicyclic) bond motifs is 2. The summed E-state index contributed by atoms with van der Waals surface area (Å²) in [5, 5.41) is 7.93. The quantitative estimate of drug-likeness (QED) is 0.911. The molecule has 0 spiro atoms. The molecule has 0 amide bonds. The van der Waals surface area contributed by atoms with Gasteiger partial charge in [-0.25, -0.2) is 9.67 Å². The van der Waals surface area contributed by atoms with Crippen LogP contribution in [0.1, 0.15) is 37.2 Å². The fourth-order valence-corrected chi connectivity index (χ4v) is 3.57. The molecule has 6 nitrogen and oxygen atoms in total. The zero-order valence-electron chi connectivity index (χ0n) is 14.3. The van der Waals surface area contributed by atoms with Crippen molar-refractivity contribution < 1.29 is 9.47 Å². The van der Waals surface area contributed by atoms with Gasteiger partial charge in [-0.1, -0.05) is 0 Å². The van der Waals surface area contributed by atoms with Crippen LogP contribution in [-0.2, 0) is 25.9 Å². The van der Waals surface area contributed by atoms with Crippen molar-refractivity contribution in [3.05, 3.63) is 35.4 Å². The van der Waals surface area contributed by atoms with E-state index < -0.39 is 0 Å². The van der Waals surface area contributed by atoms with E-state index in [9.17, 15) is 0 Å². The van der Waals surface area contributed by atoms with Crippen molar-refractivity contribution in [3.8, 4) is 11.5 Å². The van der Waals surface area contributed by atoms with Crippen molar-refractivity contribution in [1.82, 2.24) is 20.1 Å². The standard InChI is InChI=1S/C18H24N4O2/c1-3-23-16-7-13-6-12(2)24-17(13)8-14(16)9-19-15-4-5-18-20-11-21-22(18)10-15/h7-8,11-12,15,19H,3-6,9-10H2,1-2H3/t12-,15-/m1/s1. The summed E-state index contributed by atoms with van der Waals surface area (Å²) < 4.78 is 13.8. The molecule has 4 rings (SSSR count). The predicted octanol–water partition coefficient (Wildman–Crippen LogP) is 2.10. The summed E-state index contributed by atoms with van der Waals surface area (Å²) >= 11 is 0. The Labute approximate surface area is 142 Å². The van der Waals surface area contributed by atoms with Crippen molar-refractivity contribution in [2.24, 2.45) is 0 Å². The van der Waals surface area contributed by atoms with Gasteiger partial charge in [0.05, 0.1) is 13.2 Å². The van der Waals surface area contributed by atoms with Crippen molar-refractivity contribution in [1.29, 1.82) is 0 Å². The highest BCUT2D eigenvalue weighted by Gasteiger charge is 2.23. The summed E-state index contributed by atoms with van der Waals surface area (Å²) in [6, 6.07) is 4.69. The second-order valence-electron chi connectivity index (χ2n) is 6.61. The maximum atomic E-state index is 5.90. The fourth-order valence-electron chi connectivity index (χ4n) is 3.57. The molecule has 2 atom stereocenters. The summed E-state index contributed by atoms with van der Waals surface area (Å²) in [7, 11) is 0. The third-order valence-corrected chi connectivity index (χ3v) is 4.77. The molecule has 0 radical (unpaired) electrons. The molecule has 128 valence electrons. The molecule has 6 heteroatoms. The van der Waals surface area contributed by atoms with Crippen molar-refractivity contribution >= 4 is 0 Å². The third-order valence-electron chi connectivity index (χ3n) is 4.77. The average Bonchev–Trinajstić information content (AvgIpc) is 3.17. The minimum atomic E-state index is 0.252. The average molecular weight is 328 g/mol. The third kappa shape index (κ3) is 2.98. The topological polar surface area (TPSA) is 61.2 Å². The van der Waals surface area contributed by atoms with Crippen LogP contribution in [0.25, 0.3) is 0 Å². The zero-order chi connectivity index (χ0) is 16.5. The van der Waals surface area contributed by atoms with E-state index in [1.165, 1.54) is 5.56 Å². The summed E-state index contributed by atoms with van der Waals surface area (Å²) in [6.07, 6.45) is 4.91. The van der Waals surface area contributed by atoms with E-state index in [0.29, 0.717) is 12.6 Å². The SMILES string of the molecule is CCOc1cc2c(cc1CN[C@@H]1CCc3ncnn3C1)O[C@H](C)C2. The van der Waals surface area contributed by atoms with Gasteiger partial charge in [-0.2, -0.15) is 5.10 Å². The Bertz CT molecular complexity index is 728. The molecule has 1 aromatic heterocycles. The van der Waals surface area contributed by atoms with E-state index >= 15 is 0 Å². The molecule has 1 N–H and O–H groups in total. The molecule has 3 heterocycles. The molecule has 0 saturated carbocycles. The van der Waals surface area contributed by atoms with E-state index in [-0.39, 0.29) is 6.10 Å². The van der Waals surface area contributed by atoms with Gasteiger partial charge in [0.2, 0.25) is 0 Å². The lowest BCUT2D eigenvalue weighted by molar-refractivity contribution is 0.254. The first-order valence-electron chi connectivity index (χ1n) is 8.78. The number of hydrogen-bond donors (Lipinski definition) is 1. The van der Waals surface area contributed by atoms with Crippen LogP contribution < -0.4 is 14.8 Å². The minimum Gasteiger partial charge on any atom is -0.494 e. The molecule has 1 aromatic carbocycles. The molecule has 0 saturated heterocycles. The van der Waals surface area contributed by atoms with Crippen LogP contribution in [-0.4, -0.2) is 33.5 Å². The normalized spacial score (nSPS) is 21.9. The first-order chi connectivity index (χ1) is 11.7. The number of aryl methyl sites for hydroxylation is 1. The number of hydrogen-bond acceptors (Lipinski definition) is 5. The van der Waals surface area contributed by atoms with Crippen LogP contribution in [0.15, 0.2) is 18.5 Å². The Kier molecular flexibility index (Phi) is 4.14. The van der Waals surface area contributed by atoms with Crippen molar-refractivity contribution in [2.75, 3.05) is 6.61 Å². The van der Waals surface area contributed by atoms with Gasteiger partial charge in [0, 0.05) is 36.6 Å². The van der Waals surface area contributed by atoms with Crippen LogP contribution >= 0.6 is 0 Å². The number of aromatic nitrogens is 3. The van der Waals surface area contributed by atoms with E-state index in [0.717, 1.165) is 55.2 Å². The lowest BCUT2D eigenvalue weighted by Gasteiger charge is -2.24. The fraction of sp³-hybridized carbons (Fsp3) is 0.556. The van der Waals surface area contributed by atoms with E-state index in [4.69, 9.17) is 9.47 Å². The molecule has 0 bridgehead atoms. The Morgan fingerprint density at radius 2 is 2.33 bits per heavy atom. The molecule has 0 aliphatic carbocycles. The monoisotopic (exact) mass is 328 g/mol. The van der Waals surface area contributed by atoms with Gasteiger partial charge in [-0.15, -0.1) is 0 Å². The van der Waals surface area contributed by atoms with E-state index in [1.807, 2.05) is 11.6 Å². The van der Waals surface area contributed by atoms with Crippen LogP contribution in [0.2, 0.25) is 0 Å². The van der Waals surface area contributed by atoms with Crippen molar-refractivity contribution in [3.63, 3.8) is 0 Å². The summed E-state index contributed by atoms with van der Waals surface area (Å²) in [6.45, 7) is 6.45. The molecular formula is C18H24N4O2. The Balaban J connectivity index is 1.47. The zero-order valence-corrected chi connectivity index (χ0v) is 14.3. The number of nitrogens with one attached hydrogen (secondary N) is 1. The number of ether oxygens (including phenoxy) is 2. The van der Waals surface area contributed by atoms with Gasteiger partial charge in [0.15, 0.2) is 0 Å². The highest BCUT2D eigenvalue weighted by Crippen LogP contribution is 2.35. The van der Waals surface area contributed by atoms with Crippen LogP contribution in [0.3, 0.4) is 0 Å². The highest BCUT2D eigenvalue weighted by atomic mass is 16.5. The second kappa shape index (κ2) is 6.43. The lowest BCUT2D eigenvalue weighted by Crippen LogP contribution is -2.37. The van der Waals surface area contributed by atoms with Gasteiger partial charge in [-0.3, -0.25) is 0 Å². The Hall–Kier alpha value is -2.08. The lowest BCUT2D eigenvalue weighted by atomic mass is 10.0. The minimum absolute atomic E-state index is 0.252. The van der Waals surface area contributed by atoms with Gasteiger partial charge >= 0.3 is 0 Å². The number of rotatable bonds is 5. The van der Waals surface area contributed by atoms with E-state index in [2.05, 4.69) is 34.5 Å². The molecule has 2 aliphatic heterocycles. The van der Waals surface area contributed by atoms with Gasteiger partial charge in [0.1, 0.15) is 29.8 Å². The predicted molar refractivity (Wildman–Crippen MR) is 90.4 cm³/mol. The molecule has 0 fully saturated rings. The van der Waals surface area contributed by atoms with E-state index in [1.54, 1.807) is 6.33 Å². The molecular weight excluding hydrogens is 304 g/mol. The Morgan fingerprint density at radius 1 is 1.42 bits per heavy atom. The first-order valence-corrected chi connectivity index (χ1v) is 8.78. The summed E-state index contributed by atoms with van der Waals surface area (Å²) in [5.74, 6) is 3.06. The van der Waals surface area contributed by atoms with Gasteiger partial charge < -0.3 is 14.8 Å². The number of benzene rings is 1. The summed E-state index contributed by atoms with van der Waals surface area (Å²) in [4.78, 5) is 4.28. The summed E-state index contributed by atoms with van der Waals surface area (Å²) in [5.41, 5.74) is 2.41. The molecule has 2 aliphatic rings. The van der Waals surface area contributed by atoms with Crippen LogP contribution in [0.5, 0.6) is 11.5 Å². The first kappa shape index (κ1) is 15.4. The number of nitrogens with zero attached hydrogens (tertiary/aromatic N) is 3.